The molecule has 1 aromatic carbocycles. The Labute approximate surface area is 275 Å². The molecular formula is C29H30N10O7S2. The van der Waals surface area contributed by atoms with E-state index in [2.05, 4.69) is 51.7 Å². The molecular weight excluding hydrogens is 665 g/mol. The zero-order valence-corrected chi connectivity index (χ0v) is 27.3. The van der Waals surface area contributed by atoms with Gasteiger partial charge in [-0.1, -0.05) is 30.4 Å². The number of ketones is 1. The third-order valence-electron chi connectivity index (χ3n) is 7.28. The van der Waals surface area contributed by atoms with Crippen molar-refractivity contribution < 1.29 is 30.7 Å². The van der Waals surface area contributed by atoms with Crippen molar-refractivity contribution in [1.29, 1.82) is 0 Å². The third-order valence-corrected chi connectivity index (χ3v) is 9.55. The number of allylic oxidation sites excluding steroid dienone is 9. The van der Waals surface area contributed by atoms with Crippen molar-refractivity contribution in [3.05, 3.63) is 94.7 Å². The first-order valence-corrected chi connectivity index (χ1v) is 17.0. The summed E-state index contributed by atoms with van der Waals surface area (Å²) in [6.07, 6.45) is 11.7. The number of hydrogen-bond acceptors (Lipinski definition) is 15. The molecule has 1 aromatic heterocycles. The summed E-state index contributed by atoms with van der Waals surface area (Å²) in [4.78, 5) is 25.4. The SMILES string of the molecule is CNc1nc(NC)nc(NC2=CC=C3C(=O)C(=NNc4ccc(N=NC5=CC=CC(C)(S(=O)(=O)O)C=C5)cc4)C(S(=O)(=O)O)=CC3C2)n1. The molecule has 19 heteroatoms. The topological polar surface area (TPSA) is 250 Å². The predicted molar refractivity (Wildman–Crippen MR) is 180 cm³/mol. The maximum atomic E-state index is 13.4. The second-order valence-corrected chi connectivity index (χ2v) is 13.9. The van der Waals surface area contributed by atoms with E-state index >= 15 is 0 Å². The molecule has 0 aliphatic heterocycles. The lowest BCUT2D eigenvalue weighted by molar-refractivity contribution is -0.110. The summed E-state index contributed by atoms with van der Waals surface area (Å²) in [7, 11) is -5.91. The fourth-order valence-corrected chi connectivity index (χ4v) is 5.82. The molecule has 0 radical (unpaired) electrons. The molecule has 3 aliphatic carbocycles. The van der Waals surface area contributed by atoms with Gasteiger partial charge in [0.05, 0.1) is 17.1 Å². The second kappa shape index (κ2) is 13.4. The van der Waals surface area contributed by atoms with Crippen LogP contribution in [-0.2, 0) is 25.0 Å². The normalized spacial score (nSPS) is 21.9. The molecule has 0 saturated heterocycles. The number of azo groups is 1. The number of fused-ring (bicyclic) bond motifs is 1. The van der Waals surface area contributed by atoms with Gasteiger partial charge in [-0.25, -0.2) is 0 Å². The number of hydrogen-bond donors (Lipinski definition) is 6. The van der Waals surface area contributed by atoms with Crippen molar-refractivity contribution in [2.45, 2.75) is 18.1 Å². The number of carbonyl (C=O) groups is 1. The summed E-state index contributed by atoms with van der Waals surface area (Å²) in [6.45, 7) is 1.34. The van der Waals surface area contributed by atoms with E-state index in [0.29, 0.717) is 34.7 Å². The molecule has 0 fully saturated rings. The first kappa shape index (κ1) is 34.0. The Morgan fingerprint density at radius 1 is 0.896 bits per heavy atom. The highest BCUT2D eigenvalue weighted by Crippen LogP contribution is 2.34. The molecule has 2 unspecified atom stereocenters. The van der Waals surface area contributed by atoms with E-state index in [1.165, 1.54) is 43.4 Å². The Kier molecular flexibility index (Phi) is 9.48. The van der Waals surface area contributed by atoms with Gasteiger partial charge in [0.15, 0.2) is 5.71 Å². The zero-order valence-electron chi connectivity index (χ0n) is 25.6. The number of nitrogens with one attached hydrogen (secondary N) is 4. The quantitative estimate of drug-likeness (QED) is 0.118. The van der Waals surface area contributed by atoms with E-state index in [4.69, 9.17) is 0 Å². The van der Waals surface area contributed by atoms with Crippen molar-refractivity contribution in [2.24, 2.45) is 21.2 Å². The first-order chi connectivity index (χ1) is 22.7. The van der Waals surface area contributed by atoms with Gasteiger partial charge >= 0.3 is 0 Å². The highest BCUT2D eigenvalue weighted by molar-refractivity contribution is 7.91. The highest BCUT2D eigenvalue weighted by Gasteiger charge is 2.38. The van der Waals surface area contributed by atoms with Gasteiger partial charge in [-0.3, -0.25) is 19.3 Å². The van der Waals surface area contributed by atoms with Crippen LogP contribution in [0.15, 0.2) is 110 Å². The Morgan fingerprint density at radius 2 is 1.56 bits per heavy atom. The van der Waals surface area contributed by atoms with Gasteiger partial charge in [0.1, 0.15) is 9.65 Å². The molecule has 6 N–H and O–H groups in total. The Bertz CT molecular complexity index is 2100. The minimum Gasteiger partial charge on any atom is -0.357 e. The molecule has 0 bridgehead atoms. The van der Waals surface area contributed by atoms with Crippen molar-refractivity contribution in [1.82, 2.24) is 15.0 Å². The lowest BCUT2D eigenvalue weighted by Gasteiger charge is -2.27. The Balaban J connectivity index is 1.32. The highest BCUT2D eigenvalue weighted by atomic mass is 32.2. The average molecular weight is 695 g/mol. The van der Waals surface area contributed by atoms with E-state index < -0.39 is 47.3 Å². The van der Waals surface area contributed by atoms with Crippen LogP contribution in [0.5, 0.6) is 0 Å². The van der Waals surface area contributed by atoms with E-state index in [1.807, 2.05) is 0 Å². The molecule has 0 spiro atoms. The smallest absolute Gasteiger partial charge is 0.296 e. The third kappa shape index (κ3) is 7.60. The van der Waals surface area contributed by atoms with Crippen LogP contribution in [-0.4, -0.2) is 71.2 Å². The first-order valence-electron chi connectivity index (χ1n) is 14.1. The molecule has 3 aliphatic rings. The van der Waals surface area contributed by atoms with Gasteiger partial charge in [-0.2, -0.15) is 47.1 Å². The molecule has 48 heavy (non-hydrogen) atoms. The summed E-state index contributed by atoms with van der Waals surface area (Å²) >= 11 is 0. The van der Waals surface area contributed by atoms with Crippen molar-refractivity contribution in [2.75, 3.05) is 35.5 Å². The molecule has 2 atom stereocenters. The fraction of sp³-hybridized carbons (Fsp3) is 0.207. The van der Waals surface area contributed by atoms with Gasteiger partial charge in [0, 0.05) is 31.3 Å². The largest absolute Gasteiger partial charge is 0.357 e. The van der Waals surface area contributed by atoms with E-state index in [-0.39, 0.29) is 17.9 Å². The Morgan fingerprint density at radius 3 is 2.19 bits per heavy atom. The number of carbonyl (C=O) groups excluding carboxylic acids is 1. The minimum absolute atomic E-state index is 0.186. The van der Waals surface area contributed by atoms with Crippen molar-refractivity contribution in [3.8, 4) is 0 Å². The predicted octanol–water partition coefficient (Wildman–Crippen LogP) is 3.76. The zero-order chi connectivity index (χ0) is 34.7. The minimum atomic E-state index is -4.84. The number of anilines is 4. The van der Waals surface area contributed by atoms with Gasteiger partial charge in [-0.05, 0) is 55.8 Å². The molecule has 0 saturated carbocycles. The van der Waals surface area contributed by atoms with Crippen molar-refractivity contribution >= 4 is 61.0 Å². The van der Waals surface area contributed by atoms with E-state index in [1.54, 1.807) is 50.5 Å². The summed E-state index contributed by atoms with van der Waals surface area (Å²) in [5.74, 6) is -0.512. The van der Waals surface area contributed by atoms with E-state index in [9.17, 15) is 30.7 Å². The number of benzene rings is 1. The van der Waals surface area contributed by atoms with Crippen LogP contribution in [0.3, 0.4) is 0 Å². The number of nitrogens with zero attached hydrogens (tertiary/aromatic N) is 6. The van der Waals surface area contributed by atoms with Gasteiger partial charge < -0.3 is 16.0 Å². The second-order valence-electron chi connectivity index (χ2n) is 10.7. The van der Waals surface area contributed by atoms with Crippen LogP contribution >= 0.6 is 0 Å². The standard InChI is InChI=1S/C29H30N10O7S2/c1-29(48(44,45)46)13-4-5-18(12-14-29)36-37-19-6-8-20(9-7-19)38-39-24-23(47(41,42)43)16-17-15-21(10-11-22(17)25(24)40)32-28-34-26(30-2)33-27(31-3)35-28/h4-14,16-17,38H,15H2,1-3H3,(H,41,42,43)(H,44,45,46)(H3,30,31,32,33,34,35). The lowest BCUT2D eigenvalue weighted by Crippen LogP contribution is -2.33. The van der Waals surface area contributed by atoms with E-state index in [0.717, 1.165) is 0 Å². The number of Topliss-reactive ketones (excluding diaryl/α,β-unsaturated/α-hetero) is 1. The van der Waals surface area contributed by atoms with Crippen LogP contribution in [0, 0.1) is 5.92 Å². The van der Waals surface area contributed by atoms with Crippen LogP contribution in [0.1, 0.15) is 13.3 Å². The maximum absolute atomic E-state index is 13.4. The van der Waals surface area contributed by atoms with Gasteiger partial charge in [0.2, 0.25) is 23.6 Å². The number of aromatic nitrogens is 3. The molecule has 250 valence electrons. The Hall–Kier alpha value is -5.37. The maximum Gasteiger partial charge on any atom is 0.296 e. The molecule has 5 rings (SSSR count). The van der Waals surface area contributed by atoms with Gasteiger partial charge in [0.25, 0.3) is 20.2 Å². The van der Waals surface area contributed by atoms with Crippen molar-refractivity contribution in [3.63, 3.8) is 0 Å². The number of rotatable bonds is 10. The lowest BCUT2D eigenvalue weighted by atomic mass is 9.81. The molecule has 17 nitrogen and oxygen atoms in total. The van der Waals surface area contributed by atoms with Crippen LogP contribution in [0.2, 0.25) is 0 Å². The summed E-state index contributed by atoms with van der Waals surface area (Å²) < 4.78 is 65.9. The molecule has 1 heterocycles. The van der Waals surface area contributed by atoms with Gasteiger partial charge in [-0.15, -0.1) is 0 Å². The van der Waals surface area contributed by atoms with Crippen LogP contribution < -0.4 is 21.4 Å². The summed E-state index contributed by atoms with van der Waals surface area (Å²) in [6, 6.07) is 6.24. The average Bonchev–Trinajstić information content (AvgIpc) is 3.24. The monoisotopic (exact) mass is 694 g/mol. The summed E-state index contributed by atoms with van der Waals surface area (Å²) in [5.41, 5.74) is 4.14. The number of hydrazone groups is 1. The van der Waals surface area contributed by atoms with Crippen LogP contribution in [0.4, 0.5) is 29.2 Å². The van der Waals surface area contributed by atoms with Crippen LogP contribution in [0.25, 0.3) is 0 Å². The molecule has 2 aromatic rings. The fourth-order valence-electron chi connectivity index (χ4n) is 4.61. The molecule has 0 amide bonds. The summed E-state index contributed by atoms with van der Waals surface area (Å²) in [5, 5.41) is 20.9.